The van der Waals surface area contributed by atoms with Crippen LogP contribution in [-0.2, 0) is 0 Å². The van der Waals surface area contributed by atoms with Crippen LogP contribution in [0.5, 0.6) is 0 Å². The monoisotopic (exact) mass is 393 g/mol. The van der Waals surface area contributed by atoms with Crippen molar-refractivity contribution in [3.63, 3.8) is 0 Å². The minimum Gasteiger partial charge on any atom is -0.394 e. The van der Waals surface area contributed by atoms with E-state index >= 15 is 0 Å². The van der Waals surface area contributed by atoms with E-state index in [0.717, 1.165) is 61.3 Å². The maximum atomic E-state index is 12.2. The summed E-state index contributed by atoms with van der Waals surface area (Å²) in [4.78, 5) is 16.6. The third kappa shape index (κ3) is 3.92. The Labute approximate surface area is 170 Å². The molecule has 1 saturated heterocycles. The number of nitrogens with zero attached hydrogens (tertiary/aromatic N) is 3. The number of carbonyl (C=O) groups excluding carboxylic acids is 1. The summed E-state index contributed by atoms with van der Waals surface area (Å²) in [6, 6.07) is 18.2. The van der Waals surface area contributed by atoms with Gasteiger partial charge in [0.25, 0.3) is 0 Å². The smallest absolute Gasteiger partial charge is 0.154 e. The standard InChI is InChI=1S/C23H27N3O3/c27-16-19(29)15-24-11-6-12-25(14-13-24)23-21(17-28)20-9-4-5-10-22(20)26(23)18-7-2-1-3-8-18/h1-5,7-10,17,19,27,29H,6,11-16H2. The lowest BCUT2D eigenvalue weighted by atomic mass is 10.2. The van der Waals surface area contributed by atoms with Gasteiger partial charge in [-0.15, -0.1) is 0 Å². The molecule has 6 nitrogen and oxygen atoms in total. The number of aliphatic hydroxyl groups excluding tert-OH is 2. The molecule has 6 heteroatoms. The first kappa shape index (κ1) is 19.6. The zero-order valence-corrected chi connectivity index (χ0v) is 16.4. The average Bonchev–Trinajstić information content (AvgIpc) is 2.92. The van der Waals surface area contributed by atoms with Crippen molar-refractivity contribution in [1.82, 2.24) is 9.47 Å². The molecular weight excluding hydrogens is 366 g/mol. The molecule has 0 amide bonds. The first-order chi connectivity index (χ1) is 14.2. The fourth-order valence-corrected chi connectivity index (χ4v) is 4.24. The van der Waals surface area contributed by atoms with Gasteiger partial charge in [-0.25, -0.2) is 0 Å². The maximum Gasteiger partial charge on any atom is 0.154 e. The predicted molar refractivity (Wildman–Crippen MR) is 115 cm³/mol. The molecule has 0 saturated carbocycles. The molecule has 4 rings (SSSR count). The van der Waals surface area contributed by atoms with E-state index in [-0.39, 0.29) is 6.61 Å². The molecule has 3 aromatic rings. The van der Waals surface area contributed by atoms with E-state index in [1.807, 2.05) is 36.4 Å². The molecule has 1 aliphatic rings. The quantitative estimate of drug-likeness (QED) is 0.629. The van der Waals surface area contributed by atoms with Gasteiger partial charge in [0.1, 0.15) is 5.82 Å². The fraction of sp³-hybridized carbons (Fsp3) is 0.348. The molecule has 1 fully saturated rings. The number of aliphatic hydroxyl groups is 2. The van der Waals surface area contributed by atoms with Gasteiger partial charge in [0.2, 0.25) is 0 Å². The minimum atomic E-state index is -0.720. The van der Waals surface area contributed by atoms with Crippen molar-refractivity contribution in [3.8, 4) is 5.69 Å². The summed E-state index contributed by atoms with van der Waals surface area (Å²) in [6.07, 6.45) is 1.17. The Bertz CT molecular complexity index is 970. The highest BCUT2D eigenvalue weighted by Crippen LogP contribution is 2.35. The highest BCUT2D eigenvalue weighted by Gasteiger charge is 2.25. The molecule has 2 N–H and O–H groups in total. The van der Waals surface area contributed by atoms with Crippen LogP contribution in [0.3, 0.4) is 0 Å². The van der Waals surface area contributed by atoms with Gasteiger partial charge in [-0.1, -0.05) is 36.4 Å². The van der Waals surface area contributed by atoms with Crippen LogP contribution in [0.25, 0.3) is 16.6 Å². The normalized spacial score (nSPS) is 16.7. The van der Waals surface area contributed by atoms with Crippen LogP contribution in [-0.4, -0.2) is 71.4 Å². The van der Waals surface area contributed by atoms with Gasteiger partial charge in [0.15, 0.2) is 6.29 Å². The lowest BCUT2D eigenvalue weighted by Gasteiger charge is -2.26. The molecule has 152 valence electrons. The van der Waals surface area contributed by atoms with E-state index in [9.17, 15) is 9.90 Å². The van der Waals surface area contributed by atoms with Gasteiger partial charge in [0, 0.05) is 37.3 Å². The molecule has 0 bridgehead atoms. The summed E-state index contributed by atoms with van der Waals surface area (Å²) in [7, 11) is 0. The lowest BCUT2D eigenvalue weighted by Crippen LogP contribution is -2.37. The number of benzene rings is 2. The zero-order valence-electron chi connectivity index (χ0n) is 16.4. The van der Waals surface area contributed by atoms with Crippen molar-refractivity contribution in [3.05, 3.63) is 60.2 Å². The number of aldehydes is 1. The number of anilines is 1. The molecule has 2 aromatic carbocycles. The van der Waals surface area contributed by atoms with Crippen LogP contribution in [0, 0.1) is 0 Å². The highest BCUT2D eigenvalue weighted by atomic mass is 16.3. The Kier molecular flexibility index (Phi) is 5.94. The van der Waals surface area contributed by atoms with Crippen LogP contribution >= 0.6 is 0 Å². The van der Waals surface area contributed by atoms with E-state index in [1.54, 1.807) is 0 Å². The van der Waals surface area contributed by atoms with Gasteiger partial charge in [-0.05, 0) is 31.2 Å². The number of hydrogen-bond donors (Lipinski definition) is 2. The average molecular weight is 393 g/mol. The van der Waals surface area contributed by atoms with Crippen molar-refractivity contribution >= 4 is 23.0 Å². The topological polar surface area (TPSA) is 68.9 Å². The van der Waals surface area contributed by atoms with Gasteiger partial charge < -0.3 is 15.1 Å². The molecule has 1 unspecified atom stereocenters. The largest absolute Gasteiger partial charge is 0.394 e. The van der Waals surface area contributed by atoms with Crippen molar-refractivity contribution in [2.45, 2.75) is 12.5 Å². The second-order valence-corrected chi connectivity index (χ2v) is 7.52. The summed E-state index contributed by atoms with van der Waals surface area (Å²) in [5, 5.41) is 19.9. The van der Waals surface area contributed by atoms with Crippen molar-refractivity contribution in [2.75, 3.05) is 44.2 Å². The Morgan fingerprint density at radius 3 is 2.48 bits per heavy atom. The third-order valence-corrected chi connectivity index (χ3v) is 5.59. The summed E-state index contributed by atoms with van der Waals surface area (Å²) in [5.74, 6) is 0.928. The van der Waals surface area contributed by atoms with Crippen molar-refractivity contribution in [2.24, 2.45) is 0 Å². The van der Waals surface area contributed by atoms with Gasteiger partial charge in [0.05, 0.1) is 23.8 Å². The molecule has 29 heavy (non-hydrogen) atoms. The predicted octanol–water partition coefficient (Wildman–Crippen LogP) is 2.31. The summed E-state index contributed by atoms with van der Waals surface area (Å²) in [5.41, 5.74) is 2.77. The second-order valence-electron chi connectivity index (χ2n) is 7.52. The van der Waals surface area contributed by atoms with Crippen molar-refractivity contribution in [1.29, 1.82) is 0 Å². The Morgan fingerprint density at radius 1 is 0.966 bits per heavy atom. The van der Waals surface area contributed by atoms with Crippen LogP contribution in [0.15, 0.2) is 54.6 Å². The SMILES string of the molecule is O=Cc1c(N2CCCN(CC(O)CO)CC2)n(-c2ccccc2)c2ccccc12. The molecule has 1 aliphatic heterocycles. The molecule has 1 atom stereocenters. The third-order valence-electron chi connectivity index (χ3n) is 5.59. The second kappa shape index (κ2) is 8.78. The lowest BCUT2D eigenvalue weighted by molar-refractivity contribution is 0.0612. The number of aromatic nitrogens is 1. The first-order valence-electron chi connectivity index (χ1n) is 10.1. The van der Waals surface area contributed by atoms with E-state index in [1.165, 1.54) is 0 Å². The number of carbonyl (C=O) groups is 1. The number of para-hydroxylation sites is 2. The molecule has 0 spiro atoms. The fourth-order valence-electron chi connectivity index (χ4n) is 4.24. The molecule has 0 aliphatic carbocycles. The van der Waals surface area contributed by atoms with Gasteiger partial charge in [-0.2, -0.15) is 0 Å². The summed E-state index contributed by atoms with van der Waals surface area (Å²) >= 11 is 0. The Balaban J connectivity index is 1.76. The van der Waals surface area contributed by atoms with Crippen LogP contribution in [0.2, 0.25) is 0 Å². The molecule has 2 heterocycles. The van der Waals surface area contributed by atoms with Gasteiger partial charge in [-0.3, -0.25) is 14.3 Å². The van der Waals surface area contributed by atoms with Crippen LogP contribution < -0.4 is 4.90 Å². The van der Waals surface area contributed by atoms with Crippen molar-refractivity contribution < 1.29 is 15.0 Å². The zero-order chi connectivity index (χ0) is 20.2. The summed E-state index contributed by atoms with van der Waals surface area (Å²) < 4.78 is 2.18. The van der Waals surface area contributed by atoms with Gasteiger partial charge >= 0.3 is 0 Å². The maximum absolute atomic E-state index is 12.2. The van der Waals surface area contributed by atoms with Crippen LogP contribution in [0.4, 0.5) is 5.82 Å². The van der Waals surface area contributed by atoms with E-state index in [2.05, 4.69) is 32.6 Å². The minimum absolute atomic E-state index is 0.224. The van der Waals surface area contributed by atoms with E-state index < -0.39 is 6.10 Å². The molecule has 0 radical (unpaired) electrons. The number of fused-ring (bicyclic) bond motifs is 1. The number of hydrogen-bond acceptors (Lipinski definition) is 5. The van der Waals surface area contributed by atoms with E-state index in [0.29, 0.717) is 12.1 Å². The highest BCUT2D eigenvalue weighted by molar-refractivity contribution is 6.05. The number of β-amino-alcohol motifs (C(OH)–C–C–N with tert-alkyl or cyclic N) is 1. The van der Waals surface area contributed by atoms with Crippen LogP contribution in [0.1, 0.15) is 16.8 Å². The Hall–Kier alpha value is -2.67. The molecule has 1 aromatic heterocycles. The van der Waals surface area contributed by atoms with E-state index in [4.69, 9.17) is 5.11 Å². The Morgan fingerprint density at radius 2 is 1.72 bits per heavy atom. The summed E-state index contributed by atoms with van der Waals surface area (Å²) in [6.45, 7) is 3.45. The first-order valence-corrected chi connectivity index (χ1v) is 10.1. The number of rotatable bonds is 6. The molecular formula is C23H27N3O3.